The van der Waals surface area contributed by atoms with Crippen LogP contribution in [-0.2, 0) is 16.6 Å². The van der Waals surface area contributed by atoms with Gasteiger partial charge in [-0.05, 0) is 24.3 Å². The van der Waals surface area contributed by atoms with Crippen molar-refractivity contribution in [3.63, 3.8) is 0 Å². The third kappa shape index (κ3) is 4.97. The molecule has 0 spiro atoms. The summed E-state index contributed by atoms with van der Waals surface area (Å²) in [5.41, 5.74) is 1.58. The van der Waals surface area contributed by atoms with Gasteiger partial charge in [0.2, 0.25) is 10.0 Å². The van der Waals surface area contributed by atoms with Crippen molar-refractivity contribution in [1.82, 2.24) is 9.71 Å². The maximum atomic E-state index is 12.1. The molecule has 0 bridgehead atoms. The summed E-state index contributed by atoms with van der Waals surface area (Å²) in [5.74, 6) is -0.274. The molecule has 6 nitrogen and oxygen atoms in total. The number of nitrogens with one attached hydrogen (secondary N) is 2. The second-order valence-corrected chi connectivity index (χ2v) is 6.28. The Balaban J connectivity index is 2.08. The zero-order valence-corrected chi connectivity index (χ0v) is 12.2. The second-order valence-electron chi connectivity index (χ2n) is 4.45. The number of sulfonamides is 1. The summed E-state index contributed by atoms with van der Waals surface area (Å²) in [7, 11) is -3.29. The first-order chi connectivity index (χ1) is 9.94. The molecule has 0 fully saturated rings. The highest BCUT2D eigenvalue weighted by atomic mass is 32.2. The zero-order chi connectivity index (χ0) is 15.3. The van der Waals surface area contributed by atoms with Gasteiger partial charge in [0.05, 0.1) is 18.5 Å². The van der Waals surface area contributed by atoms with E-state index in [9.17, 15) is 13.2 Å². The third-order valence-corrected chi connectivity index (χ3v) is 3.29. The molecule has 0 aliphatic carbocycles. The van der Waals surface area contributed by atoms with Crippen molar-refractivity contribution in [2.75, 3.05) is 11.6 Å². The van der Waals surface area contributed by atoms with Crippen LogP contribution in [0, 0.1) is 0 Å². The summed E-state index contributed by atoms with van der Waals surface area (Å²) >= 11 is 0. The average molecular weight is 305 g/mol. The third-order valence-electron chi connectivity index (χ3n) is 2.63. The molecule has 7 heteroatoms. The summed E-state index contributed by atoms with van der Waals surface area (Å²) in [5, 5.41) is 2.75. The first kappa shape index (κ1) is 15.1. The van der Waals surface area contributed by atoms with Crippen LogP contribution >= 0.6 is 0 Å². The number of anilines is 1. The van der Waals surface area contributed by atoms with Crippen LogP contribution in [0.25, 0.3) is 0 Å². The van der Waals surface area contributed by atoms with Crippen LogP contribution in [0.15, 0.2) is 48.7 Å². The Kier molecular flexibility index (Phi) is 4.66. The second kappa shape index (κ2) is 6.47. The highest BCUT2D eigenvalue weighted by Crippen LogP contribution is 2.09. The molecule has 1 heterocycles. The highest BCUT2D eigenvalue weighted by molar-refractivity contribution is 7.88. The molecule has 0 aliphatic rings. The molecular formula is C14H15N3O3S. The van der Waals surface area contributed by atoms with E-state index in [-0.39, 0.29) is 12.5 Å². The van der Waals surface area contributed by atoms with E-state index in [2.05, 4.69) is 15.0 Å². The van der Waals surface area contributed by atoms with Crippen LogP contribution < -0.4 is 10.0 Å². The van der Waals surface area contributed by atoms with Crippen LogP contribution in [0.1, 0.15) is 16.1 Å². The van der Waals surface area contributed by atoms with E-state index in [1.54, 1.807) is 24.3 Å². The van der Waals surface area contributed by atoms with E-state index >= 15 is 0 Å². The maximum Gasteiger partial charge on any atom is 0.255 e. The standard InChI is InChI=1S/C14H15N3O3S/c1-21(19,20)16-10-13-9-11(7-8-15-13)14(18)17-12-5-3-2-4-6-12/h2-9,16H,10H2,1H3,(H,17,18). The van der Waals surface area contributed by atoms with Gasteiger partial charge >= 0.3 is 0 Å². The number of para-hydroxylation sites is 1. The van der Waals surface area contributed by atoms with E-state index in [1.807, 2.05) is 18.2 Å². The molecule has 1 aromatic carbocycles. The smallest absolute Gasteiger partial charge is 0.255 e. The number of nitrogens with zero attached hydrogens (tertiary/aromatic N) is 1. The quantitative estimate of drug-likeness (QED) is 0.873. The number of carbonyl (C=O) groups is 1. The molecular weight excluding hydrogens is 290 g/mol. The Morgan fingerprint density at radius 2 is 1.90 bits per heavy atom. The molecule has 2 aromatic rings. The van der Waals surface area contributed by atoms with Crippen LogP contribution in [0.2, 0.25) is 0 Å². The van der Waals surface area contributed by atoms with Crippen molar-refractivity contribution >= 4 is 21.6 Å². The number of pyridine rings is 1. The number of aromatic nitrogens is 1. The molecule has 0 radical (unpaired) electrons. The number of hydrogen-bond acceptors (Lipinski definition) is 4. The minimum absolute atomic E-state index is 0.0469. The lowest BCUT2D eigenvalue weighted by Crippen LogP contribution is -2.22. The van der Waals surface area contributed by atoms with E-state index in [1.165, 1.54) is 6.20 Å². The summed E-state index contributed by atoms with van der Waals surface area (Å²) in [6.07, 6.45) is 2.54. The van der Waals surface area contributed by atoms with Gasteiger partial charge in [-0.2, -0.15) is 0 Å². The summed E-state index contributed by atoms with van der Waals surface area (Å²) < 4.78 is 24.4. The summed E-state index contributed by atoms with van der Waals surface area (Å²) in [6, 6.07) is 12.2. The van der Waals surface area contributed by atoms with Gasteiger partial charge in [0.1, 0.15) is 0 Å². The molecule has 110 valence electrons. The fourth-order valence-electron chi connectivity index (χ4n) is 1.65. The Morgan fingerprint density at radius 3 is 2.57 bits per heavy atom. The van der Waals surface area contributed by atoms with Crippen molar-refractivity contribution in [2.24, 2.45) is 0 Å². The first-order valence-electron chi connectivity index (χ1n) is 6.20. The molecule has 0 unspecified atom stereocenters. The predicted octanol–water partition coefficient (Wildman–Crippen LogP) is 1.38. The molecule has 0 aliphatic heterocycles. The largest absolute Gasteiger partial charge is 0.322 e. The van der Waals surface area contributed by atoms with Gasteiger partial charge in [-0.15, -0.1) is 0 Å². The van der Waals surface area contributed by atoms with E-state index in [0.29, 0.717) is 16.9 Å². The normalized spacial score (nSPS) is 11.1. The van der Waals surface area contributed by atoms with Crippen LogP contribution in [0.3, 0.4) is 0 Å². The molecule has 0 saturated carbocycles. The van der Waals surface area contributed by atoms with Gasteiger partial charge in [0.15, 0.2) is 0 Å². The van der Waals surface area contributed by atoms with Crippen molar-refractivity contribution in [2.45, 2.75) is 6.54 Å². The lowest BCUT2D eigenvalue weighted by Gasteiger charge is -2.07. The molecule has 1 amide bonds. The van der Waals surface area contributed by atoms with Gasteiger partial charge < -0.3 is 5.32 Å². The van der Waals surface area contributed by atoms with Crippen molar-refractivity contribution < 1.29 is 13.2 Å². The molecule has 0 saturated heterocycles. The molecule has 2 rings (SSSR count). The van der Waals surface area contributed by atoms with Crippen LogP contribution in [0.4, 0.5) is 5.69 Å². The fraction of sp³-hybridized carbons (Fsp3) is 0.143. The lowest BCUT2D eigenvalue weighted by atomic mass is 10.2. The Morgan fingerprint density at radius 1 is 1.19 bits per heavy atom. The first-order valence-corrected chi connectivity index (χ1v) is 8.09. The average Bonchev–Trinajstić information content (AvgIpc) is 2.46. The maximum absolute atomic E-state index is 12.1. The van der Waals surface area contributed by atoms with Crippen LogP contribution in [0.5, 0.6) is 0 Å². The minimum atomic E-state index is -3.29. The van der Waals surface area contributed by atoms with E-state index < -0.39 is 10.0 Å². The number of benzene rings is 1. The monoisotopic (exact) mass is 305 g/mol. The van der Waals surface area contributed by atoms with Gasteiger partial charge in [-0.25, -0.2) is 13.1 Å². The van der Waals surface area contributed by atoms with Gasteiger partial charge in [-0.1, -0.05) is 18.2 Å². The number of rotatable bonds is 5. The van der Waals surface area contributed by atoms with E-state index in [0.717, 1.165) is 6.26 Å². The number of carbonyl (C=O) groups excluding carboxylic acids is 1. The zero-order valence-electron chi connectivity index (χ0n) is 11.4. The highest BCUT2D eigenvalue weighted by Gasteiger charge is 2.08. The van der Waals surface area contributed by atoms with Crippen molar-refractivity contribution in [3.05, 3.63) is 59.9 Å². The molecule has 0 atom stereocenters. The van der Waals surface area contributed by atoms with Gasteiger partial charge in [0, 0.05) is 17.4 Å². The molecule has 21 heavy (non-hydrogen) atoms. The lowest BCUT2D eigenvalue weighted by molar-refractivity contribution is 0.102. The minimum Gasteiger partial charge on any atom is -0.322 e. The molecule has 1 aromatic heterocycles. The SMILES string of the molecule is CS(=O)(=O)NCc1cc(C(=O)Nc2ccccc2)ccn1. The Bertz CT molecular complexity index is 730. The van der Waals surface area contributed by atoms with Crippen molar-refractivity contribution in [3.8, 4) is 0 Å². The Labute approximate surface area is 123 Å². The number of amides is 1. The summed E-state index contributed by atoms with van der Waals surface area (Å²) in [4.78, 5) is 16.1. The Hall–Kier alpha value is -2.25. The van der Waals surface area contributed by atoms with Crippen LogP contribution in [-0.4, -0.2) is 25.6 Å². The predicted molar refractivity (Wildman–Crippen MR) is 80.3 cm³/mol. The topological polar surface area (TPSA) is 88.2 Å². The molecule has 2 N–H and O–H groups in total. The van der Waals surface area contributed by atoms with E-state index in [4.69, 9.17) is 0 Å². The number of hydrogen-bond donors (Lipinski definition) is 2. The van der Waals surface area contributed by atoms with Gasteiger partial charge in [-0.3, -0.25) is 9.78 Å². The van der Waals surface area contributed by atoms with Crippen molar-refractivity contribution in [1.29, 1.82) is 0 Å². The summed E-state index contributed by atoms with van der Waals surface area (Å²) in [6.45, 7) is 0.0469. The fourth-order valence-corrected chi connectivity index (χ4v) is 2.06. The van der Waals surface area contributed by atoms with Gasteiger partial charge in [0.25, 0.3) is 5.91 Å².